The van der Waals surface area contributed by atoms with Gasteiger partial charge in [0.05, 0.1) is 18.0 Å². The third-order valence-electron chi connectivity index (χ3n) is 5.59. The van der Waals surface area contributed by atoms with Gasteiger partial charge in [-0.05, 0) is 54.1 Å². The summed E-state index contributed by atoms with van der Waals surface area (Å²) in [5.74, 6) is 0.698. The normalized spacial score (nSPS) is 10.6. The van der Waals surface area contributed by atoms with E-state index in [1.54, 1.807) is 73.8 Å². The number of methoxy groups -OCH3 is 1. The third kappa shape index (κ3) is 6.23. The molecular weight excluding hydrogens is 478 g/mol. The summed E-state index contributed by atoms with van der Waals surface area (Å²) in [6.07, 6.45) is -0.795. The smallest absolute Gasteiger partial charge is 0.416 e. The topological polar surface area (TPSA) is 120 Å². The molecule has 0 aliphatic rings. The molecule has 0 unspecified atom stereocenters. The summed E-state index contributed by atoms with van der Waals surface area (Å²) in [5.41, 5.74) is 1.12. The van der Waals surface area contributed by atoms with E-state index < -0.39 is 18.6 Å². The lowest BCUT2D eigenvalue weighted by Crippen LogP contribution is -2.37. The molecule has 1 amide bonds. The van der Waals surface area contributed by atoms with Crippen molar-refractivity contribution in [1.29, 1.82) is 0 Å². The average molecular weight is 504 g/mol. The van der Waals surface area contributed by atoms with Crippen molar-refractivity contribution in [2.24, 2.45) is 7.05 Å². The van der Waals surface area contributed by atoms with Crippen LogP contribution in [0.1, 0.15) is 11.4 Å². The minimum absolute atomic E-state index is 0.0162. The predicted molar refractivity (Wildman–Crippen MR) is 135 cm³/mol. The highest BCUT2D eigenvalue weighted by Crippen LogP contribution is 2.19. The average Bonchev–Trinajstić information content (AvgIpc) is 2.90. The number of carboxylic acids is 1. The van der Waals surface area contributed by atoms with Gasteiger partial charge in [0.25, 0.3) is 5.56 Å². The summed E-state index contributed by atoms with van der Waals surface area (Å²) in [4.78, 5) is 42.1. The number of hydrogen-bond donors (Lipinski definition) is 1. The number of carboxylic acid groups (broad SMARTS) is 1. The van der Waals surface area contributed by atoms with Crippen LogP contribution in [0, 0.1) is 0 Å². The second-order valence-electron chi connectivity index (χ2n) is 8.14. The quantitative estimate of drug-likeness (QED) is 0.368. The van der Waals surface area contributed by atoms with Crippen LogP contribution in [0.2, 0.25) is 0 Å². The first-order valence-electron chi connectivity index (χ1n) is 11.3. The standard InChI is InChI=1S/C27H25N3O7/c1-29-24(28-23-6-4-3-5-22(23)26(29)33)17-36-20-9-7-18(8-10-20)15-30(16-25(31)32)27(34)37-21-13-11-19(35-2)12-14-21/h3-14H,15-17H2,1-2H3,(H,31,32). The van der Waals surface area contributed by atoms with Crippen molar-refractivity contribution in [3.8, 4) is 17.2 Å². The molecule has 4 aromatic rings. The van der Waals surface area contributed by atoms with Crippen molar-refractivity contribution >= 4 is 23.0 Å². The van der Waals surface area contributed by atoms with Crippen molar-refractivity contribution in [3.63, 3.8) is 0 Å². The molecule has 1 N–H and O–H groups in total. The number of carbonyl (C=O) groups is 2. The molecule has 4 rings (SSSR count). The van der Waals surface area contributed by atoms with Gasteiger partial charge in [-0.15, -0.1) is 0 Å². The van der Waals surface area contributed by atoms with E-state index >= 15 is 0 Å². The van der Waals surface area contributed by atoms with E-state index in [0.29, 0.717) is 33.8 Å². The van der Waals surface area contributed by atoms with E-state index in [9.17, 15) is 19.5 Å². The second kappa shape index (κ2) is 11.3. The molecule has 10 nitrogen and oxygen atoms in total. The lowest BCUT2D eigenvalue weighted by molar-refractivity contribution is -0.138. The number of fused-ring (bicyclic) bond motifs is 1. The van der Waals surface area contributed by atoms with Gasteiger partial charge in [0.1, 0.15) is 36.2 Å². The summed E-state index contributed by atoms with van der Waals surface area (Å²) >= 11 is 0. The molecule has 190 valence electrons. The summed E-state index contributed by atoms with van der Waals surface area (Å²) in [7, 11) is 3.17. The maximum atomic E-state index is 12.6. The molecule has 1 aromatic heterocycles. The minimum atomic E-state index is -1.17. The Labute approximate surface area is 212 Å². The van der Waals surface area contributed by atoms with Crippen LogP contribution >= 0.6 is 0 Å². The van der Waals surface area contributed by atoms with Crippen molar-refractivity contribution in [2.75, 3.05) is 13.7 Å². The number of benzene rings is 3. The first kappa shape index (κ1) is 25.2. The van der Waals surface area contributed by atoms with Gasteiger partial charge >= 0.3 is 12.1 Å². The fourth-order valence-corrected chi connectivity index (χ4v) is 3.61. The molecule has 0 aliphatic heterocycles. The van der Waals surface area contributed by atoms with Gasteiger partial charge < -0.3 is 19.3 Å². The molecule has 0 bridgehead atoms. The summed E-state index contributed by atoms with van der Waals surface area (Å²) in [5, 5.41) is 9.80. The van der Waals surface area contributed by atoms with Gasteiger partial charge in [-0.25, -0.2) is 9.78 Å². The summed E-state index contributed by atoms with van der Waals surface area (Å²) < 4.78 is 17.7. The van der Waals surface area contributed by atoms with Crippen LogP contribution in [0.4, 0.5) is 4.79 Å². The zero-order valence-electron chi connectivity index (χ0n) is 20.3. The second-order valence-corrected chi connectivity index (χ2v) is 8.14. The number of nitrogens with zero attached hydrogens (tertiary/aromatic N) is 3. The fourth-order valence-electron chi connectivity index (χ4n) is 3.61. The highest BCUT2D eigenvalue weighted by molar-refractivity contribution is 5.78. The lowest BCUT2D eigenvalue weighted by atomic mass is 10.2. The van der Waals surface area contributed by atoms with Crippen LogP contribution in [-0.2, 0) is 25.0 Å². The number of hydrogen-bond acceptors (Lipinski definition) is 7. The summed E-state index contributed by atoms with van der Waals surface area (Å²) in [6.45, 7) is -0.438. The van der Waals surface area contributed by atoms with E-state index in [0.717, 1.165) is 4.90 Å². The van der Waals surface area contributed by atoms with Crippen LogP contribution in [0.15, 0.2) is 77.6 Å². The van der Waals surface area contributed by atoms with Gasteiger partial charge in [-0.3, -0.25) is 19.1 Å². The molecule has 10 heteroatoms. The zero-order valence-corrected chi connectivity index (χ0v) is 20.3. The molecule has 1 heterocycles. The molecule has 0 saturated heterocycles. The van der Waals surface area contributed by atoms with Crippen molar-refractivity contribution in [1.82, 2.24) is 14.5 Å². The van der Waals surface area contributed by atoms with Gasteiger partial charge in [0.15, 0.2) is 0 Å². The predicted octanol–water partition coefficient (Wildman–Crippen LogP) is 3.61. The van der Waals surface area contributed by atoms with Crippen LogP contribution in [-0.4, -0.2) is 45.3 Å². The molecular formula is C27H25N3O7. The van der Waals surface area contributed by atoms with Crippen molar-refractivity contribution in [3.05, 3.63) is 94.5 Å². The fraction of sp³-hybridized carbons (Fsp3) is 0.185. The van der Waals surface area contributed by atoms with E-state index in [1.807, 2.05) is 6.07 Å². The van der Waals surface area contributed by atoms with Crippen molar-refractivity contribution < 1.29 is 28.9 Å². The van der Waals surface area contributed by atoms with E-state index in [2.05, 4.69) is 4.98 Å². The lowest BCUT2D eigenvalue weighted by Gasteiger charge is -2.20. The molecule has 0 fully saturated rings. The Bertz CT molecular complexity index is 1460. The number of amides is 1. The number of para-hydroxylation sites is 1. The maximum Gasteiger partial charge on any atom is 0.416 e. The Morgan fingerprint density at radius 2 is 1.59 bits per heavy atom. The highest BCUT2D eigenvalue weighted by Gasteiger charge is 2.20. The van der Waals surface area contributed by atoms with Crippen LogP contribution in [0.3, 0.4) is 0 Å². The van der Waals surface area contributed by atoms with Gasteiger partial charge in [-0.2, -0.15) is 0 Å². The third-order valence-corrected chi connectivity index (χ3v) is 5.59. The number of aliphatic carboxylic acids is 1. The Hall–Kier alpha value is -4.86. The van der Waals surface area contributed by atoms with Crippen LogP contribution in [0.5, 0.6) is 17.2 Å². The molecule has 0 spiro atoms. The highest BCUT2D eigenvalue weighted by atomic mass is 16.6. The Balaban J connectivity index is 1.41. The maximum absolute atomic E-state index is 12.6. The molecule has 3 aromatic carbocycles. The number of rotatable bonds is 9. The first-order chi connectivity index (χ1) is 17.8. The van der Waals surface area contributed by atoms with Crippen LogP contribution < -0.4 is 19.8 Å². The van der Waals surface area contributed by atoms with Gasteiger partial charge in [0.2, 0.25) is 0 Å². The van der Waals surface area contributed by atoms with Gasteiger partial charge in [-0.1, -0.05) is 24.3 Å². The van der Waals surface area contributed by atoms with E-state index in [-0.39, 0.29) is 24.5 Å². The Kier molecular flexibility index (Phi) is 7.68. The Morgan fingerprint density at radius 3 is 2.27 bits per heavy atom. The largest absolute Gasteiger partial charge is 0.497 e. The van der Waals surface area contributed by atoms with Crippen molar-refractivity contribution in [2.45, 2.75) is 13.2 Å². The molecule has 0 saturated carbocycles. The molecule has 0 atom stereocenters. The first-order valence-corrected chi connectivity index (χ1v) is 11.3. The zero-order chi connectivity index (χ0) is 26.4. The van der Waals surface area contributed by atoms with E-state index in [4.69, 9.17) is 14.2 Å². The SMILES string of the molecule is COc1ccc(OC(=O)N(CC(=O)O)Cc2ccc(OCc3nc4ccccc4c(=O)n3C)cc2)cc1. The minimum Gasteiger partial charge on any atom is -0.497 e. The molecule has 0 aliphatic carbocycles. The van der Waals surface area contributed by atoms with E-state index in [1.165, 1.54) is 11.7 Å². The Morgan fingerprint density at radius 1 is 0.946 bits per heavy atom. The molecule has 0 radical (unpaired) electrons. The monoisotopic (exact) mass is 503 g/mol. The summed E-state index contributed by atoms with van der Waals surface area (Å²) in [6, 6.07) is 20.3. The molecule has 37 heavy (non-hydrogen) atoms. The number of aromatic nitrogens is 2. The van der Waals surface area contributed by atoms with Gasteiger partial charge in [0, 0.05) is 13.6 Å². The van der Waals surface area contributed by atoms with Crippen LogP contribution in [0.25, 0.3) is 10.9 Å². The number of ether oxygens (including phenoxy) is 3. The number of carbonyl (C=O) groups excluding carboxylic acids is 1.